The molecule has 0 saturated carbocycles. The van der Waals surface area contributed by atoms with Gasteiger partial charge in [0.2, 0.25) is 11.6 Å². The van der Waals surface area contributed by atoms with Crippen molar-refractivity contribution in [3.05, 3.63) is 52.3 Å². The lowest BCUT2D eigenvalue weighted by Gasteiger charge is -2.12. The number of benzene rings is 1. The van der Waals surface area contributed by atoms with E-state index in [0.717, 1.165) is 0 Å². The minimum Gasteiger partial charge on any atom is -0.495 e. The van der Waals surface area contributed by atoms with Gasteiger partial charge in [0, 0.05) is 11.6 Å². The molecule has 9 heteroatoms. The smallest absolute Gasteiger partial charge is 0.353 e. The maximum Gasteiger partial charge on any atom is 0.353 e. The lowest BCUT2D eigenvalue weighted by Crippen LogP contribution is -2.08. The van der Waals surface area contributed by atoms with E-state index < -0.39 is 4.92 Å². The van der Waals surface area contributed by atoms with E-state index in [1.54, 1.807) is 24.3 Å². The minimum absolute atomic E-state index is 0.0251. The number of ether oxygens (including phenoxy) is 1. The number of hydrogen-bond donors (Lipinski definition) is 2. The summed E-state index contributed by atoms with van der Waals surface area (Å²) < 4.78 is 5.20. The number of nitro groups is 1. The first-order chi connectivity index (χ1) is 11.1. The summed E-state index contributed by atoms with van der Waals surface area (Å²) in [5.41, 5.74) is 0.174. The predicted octanol–water partition coefficient (Wildman–Crippen LogP) is 3.39. The third-order valence-corrected chi connectivity index (χ3v) is 3.07. The van der Waals surface area contributed by atoms with Crippen LogP contribution >= 0.6 is 11.6 Å². The summed E-state index contributed by atoms with van der Waals surface area (Å²) in [7, 11) is 1.49. The molecule has 120 valence electrons. The second kappa shape index (κ2) is 7.41. The maximum atomic E-state index is 11.4. The van der Waals surface area contributed by atoms with E-state index in [0.29, 0.717) is 23.0 Å². The van der Waals surface area contributed by atoms with Gasteiger partial charge >= 0.3 is 5.69 Å². The van der Waals surface area contributed by atoms with E-state index in [1.165, 1.54) is 13.4 Å². The number of methoxy groups -OCH3 is 1. The summed E-state index contributed by atoms with van der Waals surface area (Å²) in [6.07, 6.45) is 2.79. The van der Waals surface area contributed by atoms with Crippen molar-refractivity contribution in [3.63, 3.8) is 0 Å². The Morgan fingerprint density at radius 2 is 2.17 bits per heavy atom. The normalized spacial score (nSPS) is 10.0. The van der Waals surface area contributed by atoms with Gasteiger partial charge in [0.25, 0.3) is 0 Å². The molecular formula is C14H14ClN5O3. The molecule has 2 N–H and O–H groups in total. The predicted molar refractivity (Wildman–Crippen MR) is 88.7 cm³/mol. The fourth-order valence-corrected chi connectivity index (χ4v) is 2.02. The molecular weight excluding hydrogens is 322 g/mol. The van der Waals surface area contributed by atoms with Gasteiger partial charge in [-0.15, -0.1) is 6.58 Å². The van der Waals surface area contributed by atoms with Crippen LogP contribution in [0, 0.1) is 10.1 Å². The van der Waals surface area contributed by atoms with Crippen LogP contribution in [0.25, 0.3) is 0 Å². The summed E-state index contributed by atoms with van der Waals surface area (Å²) in [5.74, 6) is 0.591. The summed E-state index contributed by atoms with van der Waals surface area (Å²) >= 11 is 5.96. The van der Waals surface area contributed by atoms with Crippen LogP contribution < -0.4 is 15.4 Å². The molecule has 0 aliphatic carbocycles. The van der Waals surface area contributed by atoms with Gasteiger partial charge in [-0.05, 0) is 18.2 Å². The molecule has 0 radical (unpaired) electrons. The molecule has 23 heavy (non-hydrogen) atoms. The van der Waals surface area contributed by atoms with E-state index in [1.807, 2.05) is 0 Å². The molecule has 1 aromatic carbocycles. The van der Waals surface area contributed by atoms with Crippen molar-refractivity contribution in [2.75, 3.05) is 24.3 Å². The van der Waals surface area contributed by atoms with E-state index >= 15 is 0 Å². The molecule has 0 amide bonds. The Bertz CT molecular complexity index is 738. The Morgan fingerprint density at radius 3 is 2.83 bits per heavy atom. The first-order valence-electron chi connectivity index (χ1n) is 6.51. The number of nitrogens with one attached hydrogen (secondary N) is 2. The zero-order chi connectivity index (χ0) is 16.8. The highest BCUT2D eigenvalue weighted by Crippen LogP contribution is 2.35. The van der Waals surface area contributed by atoms with Crippen LogP contribution in [0.15, 0.2) is 37.2 Å². The highest BCUT2D eigenvalue weighted by Gasteiger charge is 2.23. The molecule has 0 spiro atoms. The molecule has 0 atom stereocenters. The number of aromatic nitrogens is 2. The quantitative estimate of drug-likeness (QED) is 0.454. The minimum atomic E-state index is -0.565. The van der Waals surface area contributed by atoms with Crippen molar-refractivity contribution in [1.29, 1.82) is 0 Å². The molecule has 0 fully saturated rings. The topological polar surface area (TPSA) is 102 Å². The van der Waals surface area contributed by atoms with Crippen molar-refractivity contribution in [3.8, 4) is 5.75 Å². The summed E-state index contributed by atoms with van der Waals surface area (Å²) in [4.78, 5) is 18.6. The second-order valence-electron chi connectivity index (χ2n) is 4.32. The van der Waals surface area contributed by atoms with Gasteiger partial charge in [-0.1, -0.05) is 17.7 Å². The van der Waals surface area contributed by atoms with Gasteiger partial charge in [0.05, 0.1) is 17.7 Å². The van der Waals surface area contributed by atoms with Crippen LogP contribution in [0.5, 0.6) is 5.75 Å². The molecule has 1 aromatic heterocycles. The molecule has 0 bridgehead atoms. The third kappa shape index (κ3) is 3.86. The largest absolute Gasteiger partial charge is 0.495 e. The van der Waals surface area contributed by atoms with Crippen LogP contribution in [0.1, 0.15) is 0 Å². The average molecular weight is 336 g/mol. The monoisotopic (exact) mass is 335 g/mol. The van der Waals surface area contributed by atoms with Crippen LogP contribution in [-0.2, 0) is 0 Å². The second-order valence-corrected chi connectivity index (χ2v) is 4.75. The fourth-order valence-electron chi connectivity index (χ4n) is 1.85. The molecule has 2 aromatic rings. The standard InChI is InChI=1S/C14H14ClN5O3/c1-3-6-16-13-12(20(21)22)14(18-8-17-13)19-10-7-9(15)4-5-11(10)23-2/h3-5,7-8H,1,6H2,2H3,(H2,16,17,18,19). The first-order valence-corrected chi connectivity index (χ1v) is 6.89. The van der Waals surface area contributed by atoms with E-state index in [2.05, 4.69) is 27.2 Å². The molecule has 2 rings (SSSR count). The van der Waals surface area contributed by atoms with Gasteiger partial charge in [-0.25, -0.2) is 9.97 Å². The highest BCUT2D eigenvalue weighted by molar-refractivity contribution is 6.31. The summed E-state index contributed by atoms with van der Waals surface area (Å²) in [6.45, 7) is 3.88. The van der Waals surface area contributed by atoms with Gasteiger partial charge in [0.1, 0.15) is 12.1 Å². The van der Waals surface area contributed by atoms with Crippen molar-refractivity contribution in [1.82, 2.24) is 9.97 Å². The third-order valence-electron chi connectivity index (χ3n) is 2.83. The van der Waals surface area contributed by atoms with Gasteiger partial charge in [-0.2, -0.15) is 0 Å². The van der Waals surface area contributed by atoms with E-state index in [-0.39, 0.29) is 17.3 Å². The maximum absolute atomic E-state index is 11.4. The van der Waals surface area contributed by atoms with E-state index in [4.69, 9.17) is 16.3 Å². The first kappa shape index (κ1) is 16.5. The van der Waals surface area contributed by atoms with Gasteiger partial charge in [0.15, 0.2) is 0 Å². The Balaban J connectivity index is 2.45. The van der Waals surface area contributed by atoms with Crippen LogP contribution in [0.4, 0.5) is 23.0 Å². The van der Waals surface area contributed by atoms with Crippen LogP contribution in [0.3, 0.4) is 0 Å². The number of rotatable bonds is 7. The van der Waals surface area contributed by atoms with E-state index in [9.17, 15) is 10.1 Å². The zero-order valence-electron chi connectivity index (χ0n) is 12.2. The lowest BCUT2D eigenvalue weighted by atomic mass is 10.3. The Kier molecular flexibility index (Phi) is 5.32. The lowest BCUT2D eigenvalue weighted by molar-refractivity contribution is -0.383. The number of nitrogens with zero attached hydrogens (tertiary/aromatic N) is 3. The van der Waals surface area contributed by atoms with Crippen molar-refractivity contribution < 1.29 is 9.66 Å². The Hall–Kier alpha value is -2.87. The van der Waals surface area contributed by atoms with Crippen molar-refractivity contribution in [2.45, 2.75) is 0 Å². The highest BCUT2D eigenvalue weighted by atomic mass is 35.5. The van der Waals surface area contributed by atoms with Crippen LogP contribution in [-0.4, -0.2) is 28.5 Å². The molecule has 0 saturated heterocycles. The number of halogens is 1. The van der Waals surface area contributed by atoms with Crippen LogP contribution in [0.2, 0.25) is 5.02 Å². The number of anilines is 3. The SMILES string of the molecule is C=CCNc1ncnc(Nc2cc(Cl)ccc2OC)c1[N+](=O)[O-]. The van der Waals surface area contributed by atoms with Gasteiger partial charge < -0.3 is 15.4 Å². The average Bonchev–Trinajstić information content (AvgIpc) is 2.53. The molecule has 0 aliphatic rings. The molecule has 1 heterocycles. The van der Waals surface area contributed by atoms with Crippen molar-refractivity contribution in [2.24, 2.45) is 0 Å². The summed E-state index contributed by atoms with van der Waals surface area (Å²) in [6, 6.07) is 4.88. The van der Waals surface area contributed by atoms with Gasteiger partial charge in [-0.3, -0.25) is 10.1 Å². The van der Waals surface area contributed by atoms with Crippen molar-refractivity contribution >= 4 is 34.6 Å². The Morgan fingerprint density at radius 1 is 1.43 bits per heavy atom. The number of hydrogen-bond acceptors (Lipinski definition) is 7. The zero-order valence-corrected chi connectivity index (χ0v) is 13.0. The summed E-state index contributed by atoms with van der Waals surface area (Å²) in [5, 5.41) is 17.5. The fraction of sp³-hybridized carbons (Fsp3) is 0.143. The Labute approximate surface area is 137 Å². The molecule has 0 aliphatic heterocycles. The molecule has 0 unspecified atom stereocenters. The molecule has 8 nitrogen and oxygen atoms in total.